The van der Waals surface area contributed by atoms with Crippen LogP contribution in [0.2, 0.25) is 0 Å². The highest BCUT2D eigenvalue weighted by Crippen LogP contribution is 2.34. The van der Waals surface area contributed by atoms with Crippen LogP contribution in [0.3, 0.4) is 0 Å². The molecule has 0 unspecified atom stereocenters. The van der Waals surface area contributed by atoms with Gasteiger partial charge in [-0.25, -0.2) is 4.39 Å². The summed E-state index contributed by atoms with van der Waals surface area (Å²) < 4.78 is 31.5. The number of nitrogens with zero attached hydrogens (tertiary/aromatic N) is 1. The molecule has 0 amide bonds. The maximum atomic E-state index is 13.9. The minimum absolute atomic E-state index is 0.128. The molecule has 3 aromatic rings. The van der Waals surface area contributed by atoms with E-state index in [4.69, 9.17) is 14.2 Å². The molecule has 0 atom stereocenters. The largest absolute Gasteiger partial charge is 0.493 e. The zero-order chi connectivity index (χ0) is 22.3. The topological polar surface area (TPSA) is 43.0 Å². The molecular weight excluding hydrogens is 475 g/mol. The lowest BCUT2D eigenvalue weighted by Crippen LogP contribution is -2.36. The average molecular weight is 501 g/mol. The summed E-state index contributed by atoms with van der Waals surface area (Å²) in [5.41, 5.74) is 3.76. The molecule has 0 aliphatic carbocycles. The third-order valence-corrected chi connectivity index (χ3v) is 6.14. The summed E-state index contributed by atoms with van der Waals surface area (Å²) >= 11 is 3.62. The van der Waals surface area contributed by atoms with E-state index >= 15 is 0 Å². The summed E-state index contributed by atoms with van der Waals surface area (Å²) in [5.74, 6) is 0.872. The Kier molecular flexibility index (Phi) is 7.50. The number of halogens is 2. The molecule has 1 heterocycles. The van der Waals surface area contributed by atoms with Gasteiger partial charge in [0.15, 0.2) is 11.5 Å². The van der Waals surface area contributed by atoms with Crippen LogP contribution < -0.4 is 19.7 Å². The van der Waals surface area contributed by atoms with Crippen LogP contribution >= 0.6 is 15.9 Å². The highest BCUT2D eigenvalue weighted by Gasteiger charge is 2.13. The molecule has 0 radical (unpaired) electrons. The molecule has 7 heteroatoms. The summed E-state index contributed by atoms with van der Waals surface area (Å²) in [4.78, 5) is 2.33. The van der Waals surface area contributed by atoms with E-state index in [2.05, 4.69) is 50.4 Å². The average Bonchev–Trinajstić information content (AvgIpc) is 2.84. The normalized spacial score (nSPS) is 13.7. The molecule has 0 saturated carbocycles. The summed E-state index contributed by atoms with van der Waals surface area (Å²) in [6.07, 6.45) is 0. The monoisotopic (exact) mass is 500 g/mol. The van der Waals surface area contributed by atoms with Crippen LogP contribution in [0.1, 0.15) is 11.1 Å². The number of hydrogen-bond donors (Lipinski definition) is 1. The lowest BCUT2D eigenvalue weighted by Gasteiger charge is -2.29. The molecule has 1 fully saturated rings. The molecule has 0 spiro atoms. The highest BCUT2D eigenvalue weighted by atomic mass is 79.9. The fraction of sp³-hybridized carbons (Fsp3) is 0.280. The maximum Gasteiger partial charge on any atom is 0.162 e. The van der Waals surface area contributed by atoms with Gasteiger partial charge in [-0.3, -0.25) is 0 Å². The number of morpholine rings is 1. The first-order chi connectivity index (χ1) is 15.6. The Balaban J connectivity index is 1.40. The van der Waals surface area contributed by atoms with Crippen molar-refractivity contribution in [3.63, 3.8) is 0 Å². The molecule has 1 saturated heterocycles. The third-order valence-electron chi connectivity index (χ3n) is 5.40. The highest BCUT2D eigenvalue weighted by molar-refractivity contribution is 9.10. The standard InChI is InChI=1S/C25H26BrFN2O3/c1-30-24-14-19(22(26)15-25(24)32-17-18-4-2-3-5-23(18)27)16-28-20-6-8-21(9-7-20)29-10-12-31-13-11-29/h2-9,14-15,28H,10-13,16-17H2,1H3. The number of nitrogens with one attached hydrogen (secondary N) is 1. The zero-order valence-electron chi connectivity index (χ0n) is 17.9. The Morgan fingerprint density at radius 3 is 2.47 bits per heavy atom. The van der Waals surface area contributed by atoms with Gasteiger partial charge in [0.05, 0.1) is 20.3 Å². The van der Waals surface area contributed by atoms with E-state index in [0.717, 1.165) is 42.0 Å². The molecule has 1 aliphatic heterocycles. The van der Waals surface area contributed by atoms with Crippen molar-refractivity contribution in [1.29, 1.82) is 0 Å². The van der Waals surface area contributed by atoms with Crippen molar-refractivity contribution < 1.29 is 18.6 Å². The second kappa shape index (κ2) is 10.7. The fourth-order valence-electron chi connectivity index (χ4n) is 3.56. The van der Waals surface area contributed by atoms with E-state index in [9.17, 15) is 4.39 Å². The zero-order valence-corrected chi connectivity index (χ0v) is 19.5. The molecule has 32 heavy (non-hydrogen) atoms. The lowest BCUT2D eigenvalue weighted by atomic mass is 10.2. The van der Waals surface area contributed by atoms with Gasteiger partial charge in [-0.1, -0.05) is 34.1 Å². The van der Waals surface area contributed by atoms with Gasteiger partial charge < -0.3 is 24.4 Å². The molecule has 4 rings (SSSR count). The van der Waals surface area contributed by atoms with Crippen molar-refractivity contribution in [1.82, 2.24) is 0 Å². The maximum absolute atomic E-state index is 13.9. The van der Waals surface area contributed by atoms with Gasteiger partial charge in [0.2, 0.25) is 0 Å². The van der Waals surface area contributed by atoms with Crippen molar-refractivity contribution >= 4 is 27.3 Å². The number of ether oxygens (including phenoxy) is 3. The van der Waals surface area contributed by atoms with Crippen LogP contribution in [0.5, 0.6) is 11.5 Å². The smallest absolute Gasteiger partial charge is 0.162 e. The van der Waals surface area contributed by atoms with Crippen LogP contribution in [-0.2, 0) is 17.9 Å². The van der Waals surface area contributed by atoms with Crippen molar-refractivity contribution in [2.45, 2.75) is 13.2 Å². The van der Waals surface area contributed by atoms with Gasteiger partial charge in [-0.15, -0.1) is 0 Å². The van der Waals surface area contributed by atoms with Crippen LogP contribution in [0.4, 0.5) is 15.8 Å². The minimum atomic E-state index is -0.286. The van der Waals surface area contributed by atoms with Gasteiger partial charge in [-0.05, 0) is 48.0 Å². The van der Waals surface area contributed by atoms with Crippen LogP contribution in [-0.4, -0.2) is 33.4 Å². The summed E-state index contributed by atoms with van der Waals surface area (Å²) in [5, 5.41) is 3.45. The first-order valence-corrected chi connectivity index (χ1v) is 11.3. The van der Waals surface area contributed by atoms with E-state index in [1.807, 2.05) is 12.1 Å². The molecule has 0 aromatic heterocycles. The summed E-state index contributed by atoms with van der Waals surface area (Å²) in [6, 6.07) is 18.8. The number of hydrogen-bond acceptors (Lipinski definition) is 5. The van der Waals surface area contributed by atoms with Crippen molar-refractivity contribution in [2.24, 2.45) is 0 Å². The van der Waals surface area contributed by atoms with Gasteiger partial charge in [0, 0.05) is 41.0 Å². The molecular formula is C25H26BrFN2O3. The van der Waals surface area contributed by atoms with Crippen LogP contribution in [0.25, 0.3) is 0 Å². The van der Waals surface area contributed by atoms with Crippen molar-refractivity contribution in [2.75, 3.05) is 43.6 Å². The summed E-state index contributed by atoms with van der Waals surface area (Å²) in [7, 11) is 1.60. The van der Waals surface area contributed by atoms with Gasteiger partial charge in [-0.2, -0.15) is 0 Å². The van der Waals surface area contributed by atoms with Gasteiger partial charge in [0.25, 0.3) is 0 Å². The van der Waals surface area contributed by atoms with E-state index in [-0.39, 0.29) is 12.4 Å². The first kappa shape index (κ1) is 22.4. The molecule has 3 aromatic carbocycles. The lowest BCUT2D eigenvalue weighted by molar-refractivity contribution is 0.122. The molecule has 0 bridgehead atoms. The first-order valence-electron chi connectivity index (χ1n) is 10.5. The number of anilines is 2. The van der Waals surface area contributed by atoms with E-state index in [1.54, 1.807) is 25.3 Å². The number of benzene rings is 3. The van der Waals surface area contributed by atoms with Gasteiger partial charge >= 0.3 is 0 Å². The van der Waals surface area contributed by atoms with Gasteiger partial charge in [0.1, 0.15) is 12.4 Å². The van der Waals surface area contributed by atoms with E-state index in [1.165, 1.54) is 11.8 Å². The molecule has 168 valence electrons. The third kappa shape index (κ3) is 5.53. The Hall–Kier alpha value is -2.77. The molecule has 1 aliphatic rings. The SMILES string of the molecule is COc1cc(CNc2ccc(N3CCOCC3)cc2)c(Br)cc1OCc1ccccc1F. The summed E-state index contributed by atoms with van der Waals surface area (Å²) in [6.45, 7) is 4.13. The Morgan fingerprint density at radius 1 is 1.00 bits per heavy atom. The molecule has 5 nitrogen and oxygen atoms in total. The van der Waals surface area contributed by atoms with Crippen molar-refractivity contribution in [3.05, 3.63) is 82.1 Å². The Bertz CT molecular complexity index is 1040. The second-order valence-electron chi connectivity index (χ2n) is 7.47. The Labute approximate surface area is 196 Å². The number of methoxy groups -OCH3 is 1. The van der Waals surface area contributed by atoms with Crippen molar-refractivity contribution in [3.8, 4) is 11.5 Å². The van der Waals surface area contributed by atoms with E-state index in [0.29, 0.717) is 23.6 Å². The molecule has 1 N–H and O–H groups in total. The van der Waals surface area contributed by atoms with Crippen LogP contribution in [0, 0.1) is 5.82 Å². The second-order valence-corrected chi connectivity index (χ2v) is 8.33. The van der Waals surface area contributed by atoms with E-state index < -0.39 is 0 Å². The van der Waals surface area contributed by atoms with Crippen LogP contribution in [0.15, 0.2) is 65.1 Å². The quantitative estimate of drug-likeness (QED) is 0.434. The predicted molar refractivity (Wildman–Crippen MR) is 128 cm³/mol. The fourth-order valence-corrected chi connectivity index (χ4v) is 4.03. The Morgan fingerprint density at radius 2 is 1.75 bits per heavy atom. The minimum Gasteiger partial charge on any atom is -0.493 e. The number of rotatable bonds is 8. The predicted octanol–water partition coefficient (Wildman–Crippen LogP) is 5.62.